The van der Waals surface area contributed by atoms with Crippen LogP contribution < -0.4 is 10.6 Å². The van der Waals surface area contributed by atoms with Crippen LogP contribution in [-0.2, 0) is 23.7 Å². The number of hydrogen-bond acceptors (Lipinski definition) is 6. The number of para-hydroxylation sites is 1. The Bertz CT molecular complexity index is 1590. The first-order valence-electron chi connectivity index (χ1n) is 13.4. The van der Waals surface area contributed by atoms with E-state index in [2.05, 4.69) is 5.32 Å². The number of amides is 1. The van der Waals surface area contributed by atoms with Crippen LogP contribution in [0.3, 0.4) is 0 Å². The number of carbonyl (C=O) groups is 1. The molecule has 0 spiro atoms. The molecule has 7 nitrogen and oxygen atoms in total. The lowest BCUT2D eigenvalue weighted by molar-refractivity contribution is -0.592. The number of hydrogen-bond donors (Lipinski definition) is 2. The predicted molar refractivity (Wildman–Crippen MR) is 123 cm³/mol. The molecule has 59 heavy (non-hydrogen) atoms. The van der Waals surface area contributed by atoms with E-state index in [1.807, 2.05) is 0 Å². The molecule has 1 aromatic carbocycles. The average molecular weight is 946 g/mol. The van der Waals surface area contributed by atoms with Gasteiger partial charge in [0.05, 0.1) is 0 Å². The first-order valence-corrected chi connectivity index (χ1v) is 13.4. The highest BCUT2D eigenvalue weighted by atomic mass is 19.4. The minimum absolute atomic E-state index is 0.00838. The number of carbonyl (C=O) groups excluding carboxylic acids is 1. The van der Waals surface area contributed by atoms with Crippen molar-refractivity contribution in [1.82, 2.24) is 5.32 Å². The van der Waals surface area contributed by atoms with E-state index in [4.69, 9.17) is 0 Å². The summed E-state index contributed by atoms with van der Waals surface area (Å²) in [5.74, 6) is -46.7. The molecule has 2 N–H and O–H groups in total. The maximum Gasteiger partial charge on any atom is 0.462 e. The van der Waals surface area contributed by atoms with Crippen LogP contribution in [0.15, 0.2) is 30.3 Å². The van der Waals surface area contributed by atoms with Gasteiger partial charge in [-0.3, -0.25) is 23.7 Å². The first-order chi connectivity index (χ1) is 25.6. The van der Waals surface area contributed by atoms with Crippen LogP contribution >= 0.6 is 0 Å². The van der Waals surface area contributed by atoms with Gasteiger partial charge < -0.3 is 10.6 Å². The number of halogens is 29. The summed E-state index contributed by atoms with van der Waals surface area (Å²) in [5, 5.41) is 2.80. The zero-order valence-corrected chi connectivity index (χ0v) is 26.3. The van der Waals surface area contributed by atoms with Crippen molar-refractivity contribution in [1.29, 1.82) is 0 Å². The number of anilines is 1. The van der Waals surface area contributed by atoms with Gasteiger partial charge in [-0.15, -0.1) is 0 Å². The Hall–Kier alpha value is -3.70. The van der Waals surface area contributed by atoms with E-state index in [-0.39, 0.29) is 5.69 Å². The highest BCUT2D eigenvalue weighted by Gasteiger charge is 2.90. The summed E-state index contributed by atoms with van der Waals surface area (Å²) in [6.45, 7) is -2.40. The van der Waals surface area contributed by atoms with Crippen LogP contribution in [0.25, 0.3) is 0 Å². The zero-order valence-electron chi connectivity index (χ0n) is 26.3. The third kappa shape index (κ3) is 9.93. The molecule has 1 aromatic rings. The fraction of sp³-hybridized carbons (Fsp3) is 0.696. The molecule has 0 aromatic heterocycles. The standard InChI is InChI=1S/C23H11F29N2O5/c24-10(15(30,31)32,9(55)54-7-6-53-8-4-2-1-3-5-8)56-21(47,48)12(27,17(36,37)38)58-23(51,52)14(29,19(42,43)44)59-22(49,50)13(28,18(39,40)41)57-20(45,46)11(25,26)16(33,34)35/h1-5,53H,6-7H2,(H,54,55). The third-order valence-corrected chi connectivity index (χ3v) is 6.18. The van der Waals surface area contributed by atoms with Crippen molar-refractivity contribution in [2.45, 2.75) is 84.7 Å². The molecule has 0 heterocycles. The number of alkyl halides is 29. The summed E-state index contributed by atoms with van der Waals surface area (Å²) in [6, 6.07) is 6.15. The van der Waals surface area contributed by atoms with Crippen LogP contribution in [0.1, 0.15) is 0 Å². The molecule has 1 rings (SSSR count). The van der Waals surface area contributed by atoms with Gasteiger partial charge in [-0.1, -0.05) is 18.2 Å². The molecule has 0 aliphatic carbocycles. The molecule has 36 heteroatoms. The minimum Gasteiger partial charge on any atom is -0.383 e. The van der Waals surface area contributed by atoms with Gasteiger partial charge in [0.25, 0.3) is 5.91 Å². The van der Waals surface area contributed by atoms with Crippen molar-refractivity contribution < 1.29 is 151 Å². The van der Waals surface area contributed by atoms with Gasteiger partial charge in [0.2, 0.25) is 0 Å². The Morgan fingerprint density at radius 3 is 1.03 bits per heavy atom. The second kappa shape index (κ2) is 15.6. The van der Waals surface area contributed by atoms with Crippen molar-refractivity contribution in [3.63, 3.8) is 0 Å². The third-order valence-electron chi connectivity index (χ3n) is 6.18. The van der Waals surface area contributed by atoms with E-state index in [1.165, 1.54) is 18.2 Å². The van der Waals surface area contributed by atoms with Crippen molar-refractivity contribution in [3.05, 3.63) is 30.3 Å². The van der Waals surface area contributed by atoms with Gasteiger partial charge in [-0.05, 0) is 12.1 Å². The van der Waals surface area contributed by atoms with Crippen LogP contribution in [0, 0.1) is 0 Å². The van der Waals surface area contributed by atoms with E-state index < -0.39 is 104 Å². The molecular weight excluding hydrogens is 935 g/mol. The topological polar surface area (TPSA) is 78.1 Å². The molecule has 1 amide bonds. The maximum atomic E-state index is 14.8. The average Bonchev–Trinajstić information content (AvgIpc) is 2.99. The lowest BCUT2D eigenvalue weighted by Gasteiger charge is -2.44. The van der Waals surface area contributed by atoms with Gasteiger partial charge in [-0.25, -0.2) is 0 Å². The SMILES string of the molecule is O=C(NCCNc1ccccc1)C(F)(OC(F)(F)C(F)(OC(F)(F)C(F)(OC(F)(F)C(F)(OC(F)(F)C(F)(F)C(F)(F)F)C(F)(F)F)C(F)(F)F)C(F)(F)F)C(F)(F)F. The molecule has 0 bridgehead atoms. The van der Waals surface area contributed by atoms with Gasteiger partial charge >= 0.3 is 84.7 Å². The Morgan fingerprint density at radius 1 is 0.407 bits per heavy atom. The summed E-state index contributed by atoms with van der Waals surface area (Å²) in [7, 11) is 0. The highest BCUT2D eigenvalue weighted by Crippen LogP contribution is 2.61. The molecule has 0 aliphatic heterocycles. The first kappa shape index (κ1) is 53.3. The lowest BCUT2D eigenvalue weighted by atomic mass is 10.2. The van der Waals surface area contributed by atoms with E-state index >= 15 is 0 Å². The molecule has 4 atom stereocenters. The molecule has 0 saturated carbocycles. The maximum absolute atomic E-state index is 14.8. The second-order valence-corrected chi connectivity index (χ2v) is 10.5. The molecule has 4 unspecified atom stereocenters. The van der Waals surface area contributed by atoms with E-state index in [9.17, 15) is 132 Å². The van der Waals surface area contributed by atoms with Crippen molar-refractivity contribution in [3.8, 4) is 0 Å². The quantitative estimate of drug-likeness (QED) is 0.120. The summed E-state index contributed by atoms with van der Waals surface area (Å²) in [4.78, 5) is 11.8. The normalized spacial score (nSPS) is 18.9. The van der Waals surface area contributed by atoms with Crippen molar-refractivity contribution in [2.24, 2.45) is 0 Å². The Balaban J connectivity index is 3.88. The Morgan fingerprint density at radius 2 is 0.729 bits per heavy atom. The monoisotopic (exact) mass is 946 g/mol. The summed E-state index contributed by atoms with van der Waals surface area (Å²) in [6.07, 6.45) is -77.5. The summed E-state index contributed by atoms with van der Waals surface area (Å²) >= 11 is 0. The smallest absolute Gasteiger partial charge is 0.383 e. The molecule has 0 aliphatic rings. The molecule has 346 valence electrons. The van der Waals surface area contributed by atoms with Crippen LogP contribution in [0.5, 0.6) is 0 Å². The predicted octanol–water partition coefficient (Wildman–Crippen LogP) is 9.76. The molecular formula is C23H11F29N2O5. The summed E-state index contributed by atoms with van der Waals surface area (Å²) in [5.41, 5.74) is -0.00838. The Kier molecular flexibility index (Phi) is 14.1. The number of ether oxygens (including phenoxy) is 4. The van der Waals surface area contributed by atoms with Gasteiger partial charge in [0.15, 0.2) is 0 Å². The fourth-order valence-corrected chi connectivity index (χ4v) is 3.26. The fourth-order valence-electron chi connectivity index (χ4n) is 3.26. The van der Waals surface area contributed by atoms with E-state index in [1.54, 1.807) is 4.74 Å². The van der Waals surface area contributed by atoms with Gasteiger partial charge in [-0.2, -0.15) is 127 Å². The van der Waals surface area contributed by atoms with E-state index in [0.717, 1.165) is 26.3 Å². The van der Waals surface area contributed by atoms with E-state index in [0.29, 0.717) is 5.32 Å². The van der Waals surface area contributed by atoms with Crippen LogP contribution in [0.4, 0.5) is 133 Å². The molecule has 0 fully saturated rings. The summed E-state index contributed by atoms with van der Waals surface area (Å²) < 4.78 is 398. The van der Waals surface area contributed by atoms with Gasteiger partial charge in [0.1, 0.15) is 0 Å². The minimum atomic E-state index is -9.25. The van der Waals surface area contributed by atoms with Crippen LogP contribution in [-0.4, -0.2) is 104 Å². The number of nitrogens with one attached hydrogen (secondary N) is 2. The molecule has 0 radical (unpaired) electrons. The zero-order chi connectivity index (χ0) is 47.3. The van der Waals surface area contributed by atoms with Gasteiger partial charge in [0, 0.05) is 18.8 Å². The molecule has 0 saturated heterocycles. The number of rotatable bonds is 17. The van der Waals surface area contributed by atoms with Crippen molar-refractivity contribution in [2.75, 3.05) is 18.4 Å². The van der Waals surface area contributed by atoms with Crippen molar-refractivity contribution >= 4 is 11.6 Å². The second-order valence-electron chi connectivity index (χ2n) is 10.5. The Labute approximate surface area is 302 Å². The number of benzene rings is 1. The lowest BCUT2D eigenvalue weighted by Crippen LogP contribution is -2.72. The largest absolute Gasteiger partial charge is 0.462 e. The highest BCUT2D eigenvalue weighted by molar-refractivity contribution is 5.84. The van der Waals surface area contributed by atoms with Crippen LogP contribution in [0.2, 0.25) is 0 Å².